The number of hydrogen-bond donors (Lipinski definition) is 1. The van der Waals surface area contributed by atoms with E-state index in [1.54, 1.807) is 6.07 Å². The van der Waals surface area contributed by atoms with Gasteiger partial charge in [0.2, 0.25) is 0 Å². The standard InChI is InChI=1S/C11H12F3N/c1-7-4-5-15-10-6-8(11(12,13)14)2-3-9(7)10/h2-3,6-7,15H,4-5H2,1H3/t7-/m1/s1. The molecule has 0 aromatic heterocycles. The van der Waals surface area contributed by atoms with Gasteiger partial charge in [-0.3, -0.25) is 0 Å². The Bertz CT molecular complexity index is 371. The van der Waals surface area contributed by atoms with Gasteiger partial charge < -0.3 is 5.32 Å². The lowest BCUT2D eigenvalue weighted by Crippen LogP contribution is -2.16. The van der Waals surface area contributed by atoms with Crippen LogP contribution in [-0.4, -0.2) is 6.54 Å². The Labute approximate surface area is 86.3 Å². The zero-order valence-electron chi connectivity index (χ0n) is 8.36. The van der Waals surface area contributed by atoms with Crippen LogP contribution in [0.1, 0.15) is 30.4 Å². The molecule has 0 aliphatic carbocycles. The summed E-state index contributed by atoms with van der Waals surface area (Å²) in [6, 6.07) is 3.93. The molecule has 1 aliphatic rings. The summed E-state index contributed by atoms with van der Waals surface area (Å²) >= 11 is 0. The predicted octanol–water partition coefficient (Wildman–Crippen LogP) is 3.62. The fraction of sp³-hybridized carbons (Fsp3) is 0.455. The lowest BCUT2D eigenvalue weighted by Gasteiger charge is -2.24. The molecule has 1 atom stereocenters. The molecule has 1 aliphatic heterocycles. The third kappa shape index (κ3) is 1.94. The third-order valence-corrected chi connectivity index (χ3v) is 2.80. The van der Waals surface area contributed by atoms with E-state index in [0.717, 1.165) is 24.6 Å². The number of anilines is 1. The van der Waals surface area contributed by atoms with Crippen LogP contribution in [0, 0.1) is 0 Å². The highest BCUT2D eigenvalue weighted by molar-refractivity contribution is 5.56. The first-order chi connectivity index (χ1) is 6.98. The Morgan fingerprint density at radius 1 is 1.33 bits per heavy atom. The van der Waals surface area contributed by atoms with Gasteiger partial charge in [-0.15, -0.1) is 0 Å². The SMILES string of the molecule is C[C@@H]1CCNc2cc(C(F)(F)F)ccc21. The van der Waals surface area contributed by atoms with Crippen molar-refractivity contribution in [1.29, 1.82) is 0 Å². The fourth-order valence-electron chi connectivity index (χ4n) is 1.89. The zero-order chi connectivity index (χ0) is 11.1. The summed E-state index contributed by atoms with van der Waals surface area (Å²) < 4.78 is 37.3. The second kappa shape index (κ2) is 3.43. The number of fused-ring (bicyclic) bond motifs is 1. The molecule has 1 aromatic carbocycles. The van der Waals surface area contributed by atoms with Gasteiger partial charge in [-0.25, -0.2) is 0 Å². The highest BCUT2D eigenvalue weighted by Crippen LogP contribution is 2.36. The van der Waals surface area contributed by atoms with Crippen LogP contribution in [-0.2, 0) is 6.18 Å². The first-order valence-corrected chi connectivity index (χ1v) is 4.93. The van der Waals surface area contributed by atoms with Crippen LogP contribution in [0.3, 0.4) is 0 Å². The summed E-state index contributed by atoms with van der Waals surface area (Å²) in [5.74, 6) is 0.337. The van der Waals surface area contributed by atoms with Crippen LogP contribution < -0.4 is 5.32 Å². The minimum absolute atomic E-state index is 0.337. The number of rotatable bonds is 0. The molecule has 0 unspecified atom stereocenters. The molecule has 15 heavy (non-hydrogen) atoms. The van der Waals surface area contributed by atoms with E-state index < -0.39 is 11.7 Å². The van der Waals surface area contributed by atoms with E-state index in [1.807, 2.05) is 6.92 Å². The Balaban J connectivity index is 2.42. The number of nitrogens with one attached hydrogen (secondary N) is 1. The van der Waals surface area contributed by atoms with Gasteiger partial charge >= 0.3 is 6.18 Å². The van der Waals surface area contributed by atoms with E-state index in [9.17, 15) is 13.2 Å². The molecule has 1 heterocycles. The van der Waals surface area contributed by atoms with Crippen molar-refractivity contribution in [2.75, 3.05) is 11.9 Å². The van der Waals surface area contributed by atoms with E-state index in [1.165, 1.54) is 6.07 Å². The minimum atomic E-state index is -4.25. The fourth-order valence-corrected chi connectivity index (χ4v) is 1.89. The molecule has 2 rings (SSSR count). The van der Waals surface area contributed by atoms with E-state index >= 15 is 0 Å². The monoisotopic (exact) mass is 215 g/mol. The van der Waals surface area contributed by atoms with E-state index in [4.69, 9.17) is 0 Å². The summed E-state index contributed by atoms with van der Waals surface area (Å²) in [5, 5.41) is 3.01. The van der Waals surface area contributed by atoms with E-state index in [-0.39, 0.29) is 0 Å². The topological polar surface area (TPSA) is 12.0 Å². The van der Waals surface area contributed by atoms with Crippen LogP contribution in [0.25, 0.3) is 0 Å². The van der Waals surface area contributed by atoms with Gasteiger partial charge in [-0.1, -0.05) is 13.0 Å². The third-order valence-electron chi connectivity index (χ3n) is 2.80. The summed E-state index contributed by atoms with van der Waals surface area (Å²) in [4.78, 5) is 0. The van der Waals surface area contributed by atoms with Gasteiger partial charge in [0.15, 0.2) is 0 Å². The highest BCUT2D eigenvalue weighted by atomic mass is 19.4. The van der Waals surface area contributed by atoms with Crippen LogP contribution in [0.15, 0.2) is 18.2 Å². The smallest absolute Gasteiger partial charge is 0.385 e. The Morgan fingerprint density at radius 3 is 2.73 bits per heavy atom. The van der Waals surface area contributed by atoms with Crippen molar-refractivity contribution in [1.82, 2.24) is 0 Å². The molecule has 0 fully saturated rings. The maximum Gasteiger partial charge on any atom is 0.416 e. The van der Waals surface area contributed by atoms with Crippen molar-refractivity contribution in [3.05, 3.63) is 29.3 Å². The van der Waals surface area contributed by atoms with Crippen molar-refractivity contribution >= 4 is 5.69 Å². The van der Waals surface area contributed by atoms with Gasteiger partial charge in [0.1, 0.15) is 0 Å². The highest BCUT2D eigenvalue weighted by Gasteiger charge is 2.31. The quantitative estimate of drug-likeness (QED) is 0.696. The molecule has 1 N–H and O–H groups in total. The largest absolute Gasteiger partial charge is 0.416 e. The molecule has 82 valence electrons. The maximum absolute atomic E-state index is 12.4. The van der Waals surface area contributed by atoms with Gasteiger partial charge in [0.25, 0.3) is 0 Å². The molecule has 0 bridgehead atoms. The van der Waals surface area contributed by atoms with Crippen LogP contribution in [0.5, 0.6) is 0 Å². The summed E-state index contributed by atoms with van der Waals surface area (Å²) in [6.07, 6.45) is -3.28. The lowest BCUT2D eigenvalue weighted by atomic mass is 9.92. The zero-order valence-corrected chi connectivity index (χ0v) is 8.36. The van der Waals surface area contributed by atoms with Crippen LogP contribution in [0.2, 0.25) is 0 Å². The van der Waals surface area contributed by atoms with Crippen LogP contribution >= 0.6 is 0 Å². The van der Waals surface area contributed by atoms with E-state index in [0.29, 0.717) is 11.6 Å². The second-order valence-corrected chi connectivity index (χ2v) is 3.92. The molecule has 0 spiro atoms. The molecular formula is C11H12F3N. The van der Waals surface area contributed by atoms with Gasteiger partial charge in [-0.05, 0) is 30.0 Å². The van der Waals surface area contributed by atoms with Crippen LogP contribution in [0.4, 0.5) is 18.9 Å². The van der Waals surface area contributed by atoms with Gasteiger partial charge in [0.05, 0.1) is 5.56 Å². The molecule has 1 aromatic rings. The second-order valence-electron chi connectivity index (χ2n) is 3.92. The lowest BCUT2D eigenvalue weighted by molar-refractivity contribution is -0.137. The van der Waals surface area contributed by atoms with Crippen molar-refractivity contribution in [3.63, 3.8) is 0 Å². The van der Waals surface area contributed by atoms with Crippen molar-refractivity contribution in [2.45, 2.75) is 25.4 Å². The van der Waals surface area contributed by atoms with Gasteiger partial charge in [-0.2, -0.15) is 13.2 Å². The Hall–Kier alpha value is -1.19. The molecule has 1 nitrogen and oxygen atoms in total. The summed E-state index contributed by atoms with van der Waals surface area (Å²) in [6.45, 7) is 2.78. The molecule has 0 saturated carbocycles. The average Bonchev–Trinajstić information content (AvgIpc) is 2.16. The summed E-state index contributed by atoms with van der Waals surface area (Å²) in [7, 11) is 0. The Kier molecular flexibility index (Phi) is 2.37. The number of hydrogen-bond acceptors (Lipinski definition) is 1. The molecular weight excluding hydrogens is 203 g/mol. The molecule has 0 radical (unpaired) electrons. The number of halogens is 3. The van der Waals surface area contributed by atoms with Crippen molar-refractivity contribution in [2.24, 2.45) is 0 Å². The normalized spacial score (nSPS) is 20.7. The average molecular weight is 215 g/mol. The summed E-state index contributed by atoms with van der Waals surface area (Å²) in [5.41, 5.74) is 1.03. The molecule has 0 saturated heterocycles. The molecule has 0 amide bonds. The first-order valence-electron chi connectivity index (χ1n) is 4.93. The minimum Gasteiger partial charge on any atom is -0.385 e. The maximum atomic E-state index is 12.4. The molecule has 4 heteroatoms. The van der Waals surface area contributed by atoms with Gasteiger partial charge in [0, 0.05) is 12.2 Å². The van der Waals surface area contributed by atoms with Crippen molar-refractivity contribution < 1.29 is 13.2 Å². The number of benzene rings is 1. The first kappa shape index (κ1) is 10.3. The van der Waals surface area contributed by atoms with E-state index in [2.05, 4.69) is 5.32 Å². The number of alkyl halides is 3. The Morgan fingerprint density at radius 2 is 2.07 bits per heavy atom. The predicted molar refractivity (Wildman–Crippen MR) is 53.0 cm³/mol. The van der Waals surface area contributed by atoms with Crippen molar-refractivity contribution in [3.8, 4) is 0 Å².